The van der Waals surface area contributed by atoms with Crippen LogP contribution in [0.15, 0.2) is 24.5 Å². The van der Waals surface area contributed by atoms with Crippen LogP contribution < -0.4 is 0 Å². The number of nitrogens with zero attached hydrogens (tertiary/aromatic N) is 3. The summed E-state index contributed by atoms with van der Waals surface area (Å²) in [5.41, 5.74) is 1.17. The summed E-state index contributed by atoms with van der Waals surface area (Å²) in [4.78, 5) is 8.05. The van der Waals surface area contributed by atoms with E-state index in [1.165, 1.54) is 12.4 Å². The van der Waals surface area contributed by atoms with Crippen molar-refractivity contribution in [2.75, 3.05) is 0 Å². The Hall–Kier alpha value is -2.52. The molecule has 0 bridgehead atoms. The van der Waals surface area contributed by atoms with Gasteiger partial charge in [-0.25, -0.2) is 18.7 Å². The molecule has 0 aliphatic carbocycles. The molecule has 2 heterocycles. The molecule has 4 nitrogen and oxygen atoms in total. The molecule has 1 N–H and O–H groups in total. The Kier molecular flexibility index (Phi) is 3.05. The molecule has 0 amide bonds. The van der Waals surface area contributed by atoms with Crippen LogP contribution in [-0.2, 0) is 0 Å². The highest BCUT2D eigenvalue weighted by Crippen LogP contribution is 2.20. The molecular formula is C13H5ClF2N4. The summed E-state index contributed by atoms with van der Waals surface area (Å²) in [7, 11) is 0. The first-order valence-corrected chi connectivity index (χ1v) is 5.84. The largest absolute Gasteiger partial charge is 0.266 e. The molecule has 0 atom stereocenters. The number of nitrogens with one attached hydrogen (secondary N) is 1. The Balaban J connectivity index is 2.09. The fourth-order valence-corrected chi connectivity index (χ4v) is 1.87. The van der Waals surface area contributed by atoms with Crippen LogP contribution in [0.5, 0.6) is 0 Å². The number of halogens is 3. The second-order valence-corrected chi connectivity index (χ2v) is 4.23. The summed E-state index contributed by atoms with van der Waals surface area (Å²) in [5.74, 6) is 3.63. The molecule has 2 aromatic heterocycles. The summed E-state index contributed by atoms with van der Waals surface area (Å²) in [6.07, 6.45) is 2.99. The van der Waals surface area contributed by atoms with Gasteiger partial charge in [0.25, 0.3) is 0 Å². The molecule has 0 saturated heterocycles. The van der Waals surface area contributed by atoms with E-state index < -0.39 is 11.6 Å². The topological polar surface area (TPSA) is 54.5 Å². The maximum Gasteiger partial charge on any atom is 0.200 e. The summed E-state index contributed by atoms with van der Waals surface area (Å²) < 4.78 is 26.5. The fourth-order valence-electron chi connectivity index (χ4n) is 1.62. The average Bonchev–Trinajstić information content (AvgIpc) is 2.81. The van der Waals surface area contributed by atoms with Crippen LogP contribution in [0.1, 0.15) is 11.3 Å². The minimum absolute atomic E-state index is 0.0836. The number of aromatic nitrogens is 4. The van der Waals surface area contributed by atoms with Gasteiger partial charge in [0, 0.05) is 18.5 Å². The lowest BCUT2D eigenvalue weighted by Gasteiger charge is -1.97. The first-order valence-electron chi connectivity index (χ1n) is 5.47. The maximum absolute atomic E-state index is 13.6. The molecule has 1 aromatic carbocycles. The molecule has 0 fully saturated rings. The summed E-state index contributed by atoms with van der Waals surface area (Å²) in [5, 5.41) is 6.46. The Labute approximate surface area is 116 Å². The number of hydrogen-bond acceptors (Lipinski definition) is 3. The Morgan fingerprint density at radius 2 is 1.90 bits per heavy atom. The van der Waals surface area contributed by atoms with Crippen LogP contribution in [-0.4, -0.2) is 20.2 Å². The first-order chi connectivity index (χ1) is 9.65. The zero-order valence-corrected chi connectivity index (χ0v) is 10.5. The van der Waals surface area contributed by atoms with Gasteiger partial charge in [0.1, 0.15) is 22.8 Å². The summed E-state index contributed by atoms with van der Waals surface area (Å²) in [6.45, 7) is 0. The minimum Gasteiger partial charge on any atom is -0.266 e. The summed E-state index contributed by atoms with van der Waals surface area (Å²) in [6, 6.07) is 1.72. The normalized spacial score (nSPS) is 10.3. The molecule has 0 spiro atoms. The van der Waals surface area contributed by atoms with Gasteiger partial charge in [-0.05, 0) is 12.0 Å². The Morgan fingerprint density at radius 3 is 2.70 bits per heavy atom. The van der Waals surface area contributed by atoms with Crippen molar-refractivity contribution in [3.63, 3.8) is 0 Å². The predicted molar refractivity (Wildman–Crippen MR) is 69.0 cm³/mol. The van der Waals surface area contributed by atoms with Gasteiger partial charge in [-0.15, -0.1) is 0 Å². The van der Waals surface area contributed by atoms with Crippen LogP contribution in [0.2, 0.25) is 5.02 Å². The van der Waals surface area contributed by atoms with E-state index in [9.17, 15) is 8.78 Å². The van der Waals surface area contributed by atoms with Crippen LogP contribution >= 0.6 is 11.6 Å². The third-order valence-corrected chi connectivity index (χ3v) is 2.81. The van der Waals surface area contributed by atoms with Gasteiger partial charge in [-0.3, -0.25) is 5.10 Å². The van der Waals surface area contributed by atoms with Crippen molar-refractivity contribution in [1.82, 2.24) is 20.2 Å². The molecule has 3 rings (SSSR count). The quantitative estimate of drug-likeness (QED) is 0.648. The molecule has 7 heteroatoms. The van der Waals surface area contributed by atoms with Gasteiger partial charge >= 0.3 is 0 Å². The van der Waals surface area contributed by atoms with Gasteiger partial charge in [-0.2, -0.15) is 5.10 Å². The van der Waals surface area contributed by atoms with Gasteiger partial charge in [-0.1, -0.05) is 17.5 Å². The number of rotatable bonds is 0. The highest BCUT2D eigenvalue weighted by molar-refractivity contribution is 6.31. The van der Waals surface area contributed by atoms with E-state index in [2.05, 4.69) is 32.0 Å². The fraction of sp³-hybridized carbons (Fsp3) is 0. The standard InChI is InChI=1S/C13H5ClF2N4/c14-9-5-7(15)6-10(16)8(9)1-2-11-12-13(20-19-11)18-4-3-17-12/h3-6H,(H,18,19,20). The van der Waals surface area contributed by atoms with E-state index in [1.54, 1.807) is 0 Å². The highest BCUT2D eigenvalue weighted by atomic mass is 35.5. The van der Waals surface area contributed by atoms with Crippen LogP contribution in [0.3, 0.4) is 0 Å². The lowest BCUT2D eigenvalue weighted by molar-refractivity contribution is 0.581. The number of hydrogen-bond donors (Lipinski definition) is 1. The maximum atomic E-state index is 13.6. The van der Waals surface area contributed by atoms with Crippen LogP contribution in [0.4, 0.5) is 8.78 Å². The van der Waals surface area contributed by atoms with Gasteiger partial charge in [0.05, 0.1) is 10.6 Å². The molecule has 0 aliphatic rings. The third-order valence-electron chi connectivity index (χ3n) is 2.51. The lowest BCUT2D eigenvalue weighted by atomic mass is 10.2. The van der Waals surface area contributed by atoms with Crippen molar-refractivity contribution in [1.29, 1.82) is 0 Å². The number of fused-ring (bicyclic) bond motifs is 1. The van der Waals surface area contributed by atoms with Crippen molar-refractivity contribution < 1.29 is 8.78 Å². The minimum atomic E-state index is -0.822. The van der Waals surface area contributed by atoms with E-state index in [1.807, 2.05) is 0 Å². The third kappa shape index (κ3) is 2.19. The van der Waals surface area contributed by atoms with E-state index in [0.717, 1.165) is 12.1 Å². The number of benzene rings is 1. The molecule has 0 saturated carbocycles. The molecular weight excluding hydrogens is 286 g/mol. The molecule has 0 radical (unpaired) electrons. The van der Waals surface area contributed by atoms with Crippen LogP contribution in [0.25, 0.3) is 11.2 Å². The molecule has 0 aliphatic heterocycles. The van der Waals surface area contributed by atoms with E-state index in [-0.39, 0.29) is 10.6 Å². The SMILES string of the molecule is Fc1cc(F)c(C#Cc2[nH]nc3nccnc23)c(Cl)c1. The Bertz CT molecular complexity index is 840. The zero-order chi connectivity index (χ0) is 14.1. The van der Waals surface area contributed by atoms with E-state index in [4.69, 9.17) is 11.6 Å². The summed E-state index contributed by atoms with van der Waals surface area (Å²) >= 11 is 5.76. The van der Waals surface area contributed by atoms with E-state index >= 15 is 0 Å². The van der Waals surface area contributed by atoms with Crippen molar-refractivity contribution in [3.8, 4) is 11.8 Å². The second-order valence-electron chi connectivity index (χ2n) is 3.82. The van der Waals surface area contributed by atoms with Crippen molar-refractivity contribution in [3.05, 3.63) is 52.4 Å². The average molecular weight is 291 g/mol. The molecule has 98 valence electrons. The number of aromatic amines is 1. The van der Waals surface area contributed by atoms with Gasteiger partial charge in [0.15, 0.2) is 0 Å². The first kappa shape index (κ1) is 12.5. The zero-order valence-electron chi connectivity index (χ0n) is 9.78. The van der Waals surface area contributed by atoms with Crippen molar-refractivity contribution >= 4 is 22.8 Å². The van der Waals surface area contributed by atoms with Gasteiger partial charge < -0.3 is 0 Å². The van der Waals surface area contributed by atoms with Crippen molar-refractivity contribution in [2.45, 2.75) is 0 Å². The molecule has 0 unspecified atom stereocenters. The van der Waals surface area contributed by atoms with Crippen molar-refractivity contribution in [2.24, 2.45) is 0 Å². The smallest absolute Gasteiger partial charge is 0.200 e. The number of H-pyrrole nitrogens is 1. The Morgan fingerprint density at radius 1 is 1.10 bits per heavy atom. The monoisotopic (exact) mass is 290 g/mol. The lowest BCUT2D eigenvalue weighted by Crippen LogP contribution is -1.88. The molecule has 3 aromatic rings. The van der Waals surface area contributed by atoms with Crippen LogP contribution in [0, 0.1) is 23.5 Å². The van der Waals surface area contributed by atoms with E-state index in [0.29, 0.717) is 16.9 Å². The molecule has 20 heavy (non-hydrogen) atoms. The highest BCUT2D eigenvalue weighted by Gasteiger charge is 2.08. The second kappa shape index (κ2) is 4.87. The van der Waals surface area contributed by atoms with Gasteiger partial charge in [0.2, 0.25) is 5.65 Å². The predicted octanol–water partition coefficient (Wildman–Crippen LogP) is 2.68.